The molecule has 2 saturated heterocycles. The van der Waals surface area contributed by atoms with Crippen LogP contribution in [0, 0.1) is 5.82 Å². The molecule has 0 radical (unpaired) electrons. The molecule has 0 aromatic carbocycles. The number of aromatic amines is 1. The van der Waals surface area contributed by atoms with Crippen LogP contribution in [0.1, 0.15) is 20.1 Å². The number of rotatable bonds is 1. The highest BCUT2D eigenvalue weighted by Gasteiger charge is 2.48. The van der Waals surface area contributed by atoms with Crippen LogP contribution in [0.2, 0.25) is 0 Å². The highest BCUT2D eigenvalue weighted by Crippen LogP contribution is 2.39. The predicted molar refractivity (Wildman–Crippen MR) is 69.2 cm³/mol. The van der Waals surface area contributed by atoms with Crippen molar-refractivity contribution in [2.24, 2.45) is 0 Å². The van der Waals surface area contributed by atoms with Gasteiger partial charge in [-0.1, -0.05) is 6.58 Å². The van der Waals surface area contributed by atoms with E-state index in [1.807, 2.05) is 4.98 Å². The Morgan fingerprint density at radius 1 is 1.43 bits per heavy atom. The van der Waals surface area contributed by atoms with E-state index in [0.29, 0.717) is 5.57 Å². The third-order valence-corrected chi connectivity index (χ3v) is 3.46. The van der Waals surface area contributed by atoms with Crippen LogP contribution in [0.4, 0.5) is 4.39 Å². The number of hydrogen-bond acceptors (Lipinski definition) is 5. The summed E-state index contributed by atoms with van der Waals surface area (Å²) in [7, 11) is 0. The molecule has 0 aliphatic carbocycles. The van der Waals surface area contributed by atoms with Gasteiger partial charge in [0.1, 0.15) is 12.2 Å². The maximum Gasteiger partial charge on any atom is 0.330 e. The Morgan fingerprint density at radius 2 is 2.14 bits per heavy atom. The minimum absolute atomic E-state index is 0.172. The first-order chi connectivity index (χ1) is 9.78. The van der Waals surface area contributed by atoms with Gasteiger partial charge in [-0.2, -0.15) is 4.39 Å². The first-order valence-corrected chi connectivity index (χ1v) is 6.45. The molecule has 0 amide bonds. The lowest BCUT2D eigenvalue weighted by atomic mass is 10.0. The molecule has 1 aromatic rings. The molecule has 114 valence electrons. The third-order valence-electron chi connectivity index (χ3n) is 3.46. The fraction of sp³-hybridized carbons (Fsp3) is 0.538. The minimum atomic E-state index is -1.07. The van der Waals surface area contributed by atoms with Crippen molar-refractivity contribution < 1.29 is 18.6 Å². The summed E-state index contributed by atoms with van der Waals surface area (Å²) < 4.78 is 31.2. The molecule has 8 heteroatoms. The van der Waals surface area contributed by atoms with Crippen LogP contribution in [-0.4, -0.2) is 34.2 Å². The van der Waals surface area contributed by atoms with E-state index in [0.717, 1.165) is 10.8 Å². The monoisotopic (exact) mass is 298 g/mol. The molecule has 1 N–H and O–H groups in total. The molecular formula is C13H15FN2O5. The Hall–Kier alpha value is -1.77. The lowest BCUT2D eigenvalue weighted by Gasteiger charge is -2.32. The van der Waals surface area contributed by atoms with Gasteiger partial charge in [0.2, 0.25) is 5.82 Å². The number of aromatic nitrogens is 2. The molecule has 0 bridgehead atoms. The van der Waals surface area contributed by atoms with Crippen molar-refractivity contribution in [2.75, 3.05) is 6.61 Å². The van der Waals surface area contributed by atoms with Crippen molar-refractivity contribution in [1.82, 2.24) is 9.55 Å². The second-order valence-corrected chi connectivity index (χ2v) is 5.50. The fourth-order valence-electron chi connectivity index (χ4n) is 2.60. The fourth-order valence-corrected chi connectivity index (χ4v) is 2.60. The van der Waals surface area contributed by atoms with Gasteiger partial charge in [-0.15, -0.1) is 0 Å². The highest BCUT2D eigenvalue weighted by atomic mass is 19.1. The maximum atomic E-state index is 13.4. The smallest absolute Gasteiger partial charge is 0.330 e. The van der Waals surface area contributed by atoms with E-state index in [1.54, 1.807) is 13.8 Å². The van der Waals surface area contributed by atoms with Crippen LogP contribution in [0.3, 0.4) is 0 Å². The van der Waals surface area contributed by atoms with E-state index >= 15 is 0 Å². The summed E-state index contributed by atoms with van der Waals surface area (Å²) in [6.45, 7) is 7.57. The van der Waals surface area contributed by atoms with Crippen LogP contribution in [0.25, 0.3) is 0 Å². The second-order valence-electron chi connectivity index (χ2n) is 5.50. The molecule has 3 rings (SSSR count). The van der Waals surface area contributed by atoms with Gasteiger partial charge < -0.3 is 14.2 Å². The maximum absolute atomic E-state index is 13.4. The SMILES string of the molecule is C=C1[C@@H]2OC(C)(C)O[C@@H]2CO[C@@H]1n1cc(F)c(=O)[nH]c1=O. The summed E-state index contributed by atoms with van der Waals surface area (Å²) in [6, 6.07) is 0. The molecule has 7 nitrogen and oxygen atoms in total. The highest BCUT2D eigenvalue weighted by molar-refractivity contribution is 5.15. The van der Waals surface area contributed by atoms with E-state index in [-0.39, 0.29) is 12.7 Å². The van der Waals surface area contributed by atoms with Gasteiger partial charge >= 0.3 is 5.69 Å². The molecule has 3 atom stereocenters. The largest absolute Gasteiger partial charge is 0.351 e. The average molecular weight is 298 g/mol. The van der Waals surface area contributed by atoms with Crippen LogP contribution >= 0.6 is 0 Å². The zero-order valence-electron chi connectivity index (χ0n) is 11.6. The van der Waals surface area contributed by atoms with Crippen molar-refractivity contribution in [3.8, 4) is 0 Å². The van der Waals surface area contributed by atoms with Crippen molar-refractivity contribution in [3.63, 3.8) is 0 Å². The van der Waals surface area contributed by atoms with Gasteiger partial charge in [0.25, 0.3) is 5.56 Å². The summed E-state index contributed by atoms with van der Waals surface area (Å²) in [5, 5.41) is 0. The molecular weight excluding hydrogens is 283 g/mol. The van der Waals surface area contributed by atoms with Gasteiger partial charge in [-0.3, -0.25) is 14.3 Å². The Labute approximate surface area is 118 Å². The Balaban J connectivity index is 1.95. The van der Waals surface area contributed by atoms with Gasteiger partial charge in [-0.25, -0.2) is 4.79 Å². The summed E-state index contributed by atoms with van der Waals surface area (Å²) in [5.74, 6) is -1.85. The van der Waals surface area contributed by atoms with Gasteiger partial charge in [-0.05, 0) is 13.8 Å². The Bertz CT molecular complexity index is 707. The van der Waals surface area contributed by atoms with E-state index < -0.39 is 35.2 Å². The first kappa shape index (κ1) is 14.2. The number of hydrogen-bond donors (Lipinski definition) is 1. The van der Waals surface area contributed by atoms with E-state index in [9.17, 15) is 14.0 Å². The quantitative estimate of drug-likeness (QED) is 0.753. The van der Waals surface area contributed by atoms with Gasteiger partial charge in [0, 0.05) is 5.57 Å². The molecule has 0 saturated carbocycles. The average Bonchev–Trinajstić information content (AvgIpc) is 2.70. The molecule has 3 heterocycles. The van der Waals surface area contributed by atoms with Crippen molar-refractivity contribution in [3.05, 3.63) is 45.0 Å². The van der Waals surface area contributed by atoms with Gasteiger partial charge in [0.15, 0.2) is 12.0 Å². The third kappa shape index (κ3) is 2.35. The van der Waals surface area contributed by atoms with Crippen LogP contribution in [0.15, 0.2) is 27.9 Å². The van der Waals surface area contributed by atoms with Crippen LogP contribution in [0.5, 0.6) is 0 Å². The van der Waals surface area contributed by atoms with Crippen molar-refractivity contribution >= 4 is 0 Å². The van der Waals surface area contributed by atoms with Gasteiger partial charge in [0.05, 0.1) is 12.8 Å². The number of fused-ring (bicyclic) bond motifs is 1. The van der Waals surface area contributed by atoms with Crippen molar-refractivity contribution in [2.45, 2.75) is 38.1 Å². The predicted octanol–water partition coefficient (Wildman–Crippen LogP) is 0.281. The summed E-state index contributed by atoms with van der Waals surface area (Å²) in [6.07, 6.45) is -0.895. The molecule has 0 spiro atoms. The summed E-state index contributed by atoms with van der Waals surface area (Å²) in [5.41, 5.74) is -1.41. The molecule has 2 aliphatic rings. The molecule has 2 fully saturated rings. The number of ether oxygens (including phenoxy) is 3. The lowest BCUT2D eigenvalue weighted by Crippen LogP contribution is -2.43. The Kier molecular flexibility index (Phi) is 3.12. The number of halogens is 1. The van der Waals surface area contributed by atoms with E-state index in [1.165, 1.54) is 0 Å². The van der Waals surface area contributed by atoms with Crippen LogP contribution < -0.4 is 11.2 Å². The summed E-state index contributed by atoms with van der Waals surface area (Å²) in [4.78, 5) is 24.8. The number of H-pyrrole nitrogens is 1. The van der Waals surface area contributed by atoms with Crippen LogP contribution in [-0.2, 0) is 14.2 Å². The zero-order chi connectivity index (χ0) is 15.4. The lowest BCUT2D eigenvalue weighted by molar-refractivity contribution is -0.146. The topological polar surface area (TPSA) is 82.6 Å². The molecule has 21 heavy (non-hydrogen) atoms. The molecule has 2 aliphatic heterocycles. The summed E-state index contributed by atoms with van der Waals surface area (Å²) >= 11 is 0. The molecule has 0 unspecified atom stereocenters. The number of nitrogens with one attached hydrogen (secondary N) is 1. The second kappa shape index (κ2) is 4.62. The van der Waals surface area contributed by atoms with Crippen molar-refractivity contribution in [1.29, 1.82) is 0 Å². The van der Waals surface area contributed by atoms with E-state index in [4.69, 9.17) is 14.2 Å². The Morgan fingerprint density at radius 3 is 2.86 bits per heavy atom. The zero-order valence-corrected chi connectivity index (χ0v) is 11.6. The number of nitrogens with zero attached hydrogens (tertiary/aromatic N) is 1. The molecule has 1 aromatic heterocycles. The van der Waals surface area contributed by atoms with E-state index in [2.05, 4.69) is 6.58 Å². The minimum Gasteiger partial charge on any atom is -0.351 e. The standard InChI is InChI=1S/C13H15FN2O5/c1-6-9-8(20-13(2,3)21-9)5-19-11(6)16-4-7(14)10(17)15-12(16)18/h4,8-9,11H,1,5H2,2-3H3,(H,15,17,18)/t8-,9+,11+/m1/s1. The normalized spacial score (nSPS) is 31.2. The first-order valence-electron chi connectivity index (χ1n) is 6.45.